The molecule has 1 unspecified atom stereocenters. The van der Waals surface area contributed by atoms with Crippen molar-refractivity contribution in [3.05, 3.63) is 16.1 Å². The Morgan fingerprint density at radius 2 is 2.07 bits per heavy atom. The average Bonchev–Trinajstić information content (AvgIpc) is 3.13. The van der Waals surface area contributed by atoms with Crippen LogP contribution in [0.2, 0.25) is 0 Å². The van der Waals surface area contributed by atoms with Crippen molar-refractivity contribution < 1.29 is 4.74 Å². The van der Waals surface area contributed by atoms with Crippen LogP contribution in [0.1, 0.15) is 44.8 Å². The largest absolute Gasteiger partial charge is 0.379 e. The lowest BCUT2D eigenvalue weighted by atomic mass is 10.0. The first-order chi connectivity index (χ1) is 13.1. The number of thiazole rings is 1. The maximum atomic E-state index is 5.52. The van der Waals surface area contributed by atoms with Crippen molar-refractivity contribution in [1.82, 2.24) is 20.5 Å². The molecule has 1 saturated heterocycles. The molecule has 6 nitrogen and oxygen atoms in total. The molecule has 0 saturated carbocycles. The minimum atomic E-state index is 0.481. The third-order valence-electron chi connectivity index (χ3n) is 4.69. The Balaban J connectivity index is 1.88. The molecule has 0 aliphatic carbocycles. The van der Waals surface area contributed by atoms with E-state index in [0.717, 1.165) is 64.7 Å². The maximum absolute atomic E-state index is 5.52. The van der Waals surface area contributed by atoms with Gasteiger partial charge in [0.15, 0.2) is 5.96 Å². The molecule has 2 rings (SSSR count). The fourth-order valence-electron chi connectivity index (χ4n) is 3.30. The van der Waals surface area contributed by atoms with Crippen LogP contribution >= 0.6 is 11.3 Å². The van der Waals surface area contributed by atoms with Crippen LogP contribution in [0, 0.1) is 5.92 Å². The number of nitrogens with one attached hydrogen (secondary N) is 2. The van der Waals surface area contributed by atoms with Gasteiger partial charge in [-0.1, -0.05) is 20.8 Å². The van der Waals surface area contributed by atoms with E-state index in [-0.39, 0.29) is 0 Å². The normalized spacial score (nSPS) is 17.3. The fourth-order valence-corrected chi connectivity index (χ4v) is 4.08. The molecule has 1 aromatic rings. The van der Waals surface area contributed by atoms with Crippen molar-refractivity contribution in [3.63, 3.8) is 0 Å². The molecule has 2 N–H and O–H groups in total. The molecule has 27 heavy (non-hydrogen) atoms. The zero-order valence-electron chi connectivity index (χ0n) is 17.5. The number of hydrogen-bond acceptors (Lipinski definition) is 5. The summed E-state index contributed by atoms with van der Waals surface area (Å²) in [6.45, 7) is 15.1. The number of guanidine groups is 1. The molecule has 0 bridgehead atoms. The molecule has 1 aliphatic rings. The number of ether oxygens (including phenoxy) is 1. The quantitative estimate of drug-likeness (QED) is 0.471. The molecule has 0 amide bonds. The predicted octanol–water partition coefficient (Wildman–Crippen LogP) is 2.55. The van der Waals surface area contributed by atoms with Gasteiger partial charge in [-0.05, 0) is 25.7 Å². The predicted molar refractivity (Wildman–Crippen MR) is 115 cm³/mol. The molecule has 0 radical (unpaired) electrons. The van der Waals surface area contributed by atoms with Crippen molar-refractivity contribution in [2.45, 2.75) is 53.0 Å². The Morgan fingerprint density at radius 1 is 1.30 bits per heavy atom. The van der Waals surface area contributed by atoms with Gasteiger partial charge in [-0.15, -0.1) is 11.3 Å². The number of morpholine rings is 1. The Hall–Kier alpha value is -1.18. The van der Waals surface area contributed by atoms with Crippen LogP contribution in [0.3, 0.4) is 0 Å². The van der Waals surface area contributed by atoms with Crippen molar-refractivity contribution in [3.8, 4) is 0 Å². The summed E-state index contributed by atoms with van der Waals surface area (Å²) in [7, 11) is 0. The Labute approximate surface area is 168 Å². The lowest BCUT2D eigenvalue weighted by molar-refractivity contribution is 0.0143. The summed E-state index contributed by atoms with van der Waals surface area (Å²) in [6.07, 6.45) is 3.11. The first kappa shape index (κ1) is 22.1. The van der Waals surface area contributed by atoms with Gasteiger partial charge in [0, 0.05) is 44.0 Å². The summed E-state index contributed by atoms with van der Waals surface area (Å²) in [5.41, 5.74) is 1.17. The van der Waals surface area contributed by atoms with Gasteiger partial charge < -0.3 is 15.4 Å². The van der Waals surface area contributed by atoms with E-state index in [1.165, 1.54) is 17.1 Å². The molecule has 2 heterocycles. The van der Waals surface area contributed by atoms with Crippen LogP contribution in [-0.4, -0.2) is 67.8 Å². The van der Waals surface area contributed by atoms with Gasteiger partial charge in [-0.2, -0.15) is 0 Å². The van der Waals surface area contributed by atoms with E-state index in [2.05, 4.69) is 53.6 Å². The van der Waals surface area contributed by atoms with Crippen LogP contribution in [0.15, 0.2) is 10.4 Å². The zero-order valence-corrected chi connectivity index (χ0v) is 18.3. The topological polar surface area (TPSA) is 61.8 Å². The summed E-state index contributed by atoms with van der Waals surface area (Å²) in [5.74, 6) is 1.58. The zero-order chi connectivity index (χ0) is 19.5. The van der Waals surface area contributed by atoms with E-state index in [1.807, 2.05) is 0 Å². The van der Waals surface area contributed by atoms with Crippen LogP contribution in [0.5, 0.6) is 0 Å². The van der Waals surface area contributed by atoms with Crippen LogP contribution in [0.4, 0.5) is 0 Å². The first-order valence-corrected chi connectivity index (χ1v) is 11.3. The van der Waals surface area contributed by atoms with Crippen molar-refractivity contribution in [2.75, 3.05) is 45.9 Å². The van der Waals surface area contributed by atoms with Gasteiger partial charge in [-0.3, -0.25) is 9.89 Å². The van der Waals surface area contributed by atoms with E-state index < -0.39 is 0 Å². The third kappa shape index (κ3) is 8.15. The standard InChI is InChI=1S/C20H37N5OS/c1-5-19-24-17(15-27-19)7-8-22-20(21-6-2)23-14-18(13-16(3)4)25-9-11-26-12-10-25/h15-16,18H,5-14H2,1-4H3,(H2,21,22,23). The summed E-state index contributed by atoms with van der Waals surface area (Å²) < 4.78 is 5.52. The fraction of sp³-hybridized carbons (Fsp3) is 0.800. The summed E-state index contributed by atoms with van der Waals surface area (Å²) in [4.78, 5) is 12.1. The van der Waals surface area contributed by atoms with Crippen molar-refractivity contribution >= 4 is 17.3 Å². The van der Waals surface area contributed by atoms with E-state index >= 15 is 0 Å². The van der Waals surface area contributed by atoms with Gasteiger partial charge in [-0.25, -0.2) is 4.98 Å². The van der Waals surface area contributed by atoms with Crippen molar-refractivity contribution in [1.29, 1.82) is 0 Å². The van der Waals surface area contributed by atoms with Crippen LogP contribution < -0.4 is 10.6 Å². The molecule has 1 atom stereocenters. The molecular weight excluding hydrogens is 358 g/mol. The first-order valence-electron chi connectivity index (χ1n) is 10.4. The van der Waals surface area contributed by atoms with Gasteiger partial charge in [0.05, 0.1) is 30.5 Å². The Kier molecular flexibility index (Phi) is 10.1. The maximum Gasteiger partial charge on any atom is 0.191 e. The molecule has 0 aromatic carbocycles. The monoisotopic (exact) mass is 395 g/mol. The van der Waals surface area contributed by atoms with E-state index in [0.29, 0.717) is 12.0 Å². The summed E-state index contributed by atoms with van der Waals surface area (Å²) >= 11 is 1.75. The number of rotatable bonds is 10. The van der Waals surface area contributed by atoms with E-state index in [9.17, 15) is 0 Å². The molecule has 0 spiro atoms. The number of aromatic nitrogens is 1. The smallest absolute Gasteiger partial charge is 0.191 e. The number of hydrogen-bond donors (Lipinski definition) is 2. The van der Waals surface area contributed by atoms with Gasteiger partial charge in [0.2, 0.25) is 0 Å². The minimum Gasteiger partial charge on any atom is -0.379 e. The highest BCUT2D eigenvalue weighted by Crippen LogP contribution is 2.14. The molecule has 7 heteroatoms. The SMILES string of the molecule is CCNC(=NCC(CC(C)C)N1CCOCC1)NCCc1csc(CC)n1. The lowest BCUT2D eigenvalue weighted by Gasteiger charge is -2.34. The molecule has 154 valence electrons. The van der Waals surface area contributed by atoms with Gasteiger partial charge in [0.25, 0.3) is 0 Å². The second-order valence-electron chi connectivity index (χ2n) is 7.41. The highest BCUT2D eigenvalue weighted by molar-refractivity contribution is 7.09. The number of aryl methyl sites for hydroxylation is 1. The average molecular weight is 396 g/mol. The highest BCUT2D eigenvalue weighted by atomic mass is 32.1. The summed E-state index contributed by atoms with van der Waals surface area (Å²) in [5, 5.41) is 10.2. The number of nitrogens with zero attached hydrogens (tertiary/aromatic N) is 3. The Bertz CT molecular complexity index is 554. The molecule has 1 aliphatic heterocycles. The molecular formula is C20H37N5OS. The second-order valence-corrected chi connectivity index (χ2v) is 8.36. The Morgan fingerprint density at radius 3 is 2.70 bits per heavy atom. The minimum absolute atomic E-state index is 0.481. The summed E-state index contributed by atoms with van der Waals surface area (Å²) in [6, 6.07) is 0.481. The van der Waals surface area contributed by atoms with Gasteiger partial charge in [0.1, 0.15) is 0 Å². The third-order valence-corrected chi connectivity index (χ3v) is 5.73. The van der Waals surface area contributed by atoms with Crippen LogP contribution in [-0.2, 0) is 17.6 Å². The van der Waals surface area contributed by atoms with E-state index in [4.69, 9.17) is 9.73 Å². The van der Waals surface area contributed by atoms with Gasteiger partial charge >= 0.3 is 0 Å². The second kappa shape index (κ2) is 12.3. The van der Waals surface area contributed by atoms with Crippen LogP contribution in [0.25, 0.3) is 0 Å². The lowest BCUT2D eigenvalue weighted by Crippen LogP contribution is -2.46. The molecule has 1 aromatic heterocycles. The highest BCUT2D eigenvalue weighted by Gasteiger charge is 2.21. The van der Waals surface area contributed by atoms with E-state index in [1.54, 1.807) is 11.3 Å². The number of aliphatic imine (C=N–C) groups is 1. The molecule has 1 fully saturated rings. The van der Waals surface area contributed by atoms with Crippen molar-refractivity contribution in [2.24, 2.45) is 10.9 Å².